The van der Waals surface area contributed by atoms with Crippen molar-refractivity contribution in [1.29, 1.82) is 0 Å². The summed E-state index contributed by atoms with van der Waals surface area (Å²) >= 11 is 0. The Kier molecular flexibility index (Phi) is 7.21. The van der Waals surface area contributed by atoms with Crippen LogP contribution >= 0.6 is 0 Å². The van der Waals surface area contributed by atoms with Gasteiger partial charge in [0.15, 0.2) is 0 Å². The normalized spacial score (nSPS) is 10.5. The largest absolute Gasteiger partial charge is 0.423 e. The third kappa shape index (κ3) is 6.60. The number of halogens is 1. The first-order valence-electron chi connectivity index (χ1n) is 9.24. The molecule has 156 valence electrons. The van der Waals surface area contributed by atoms with Crippen LogP contribution in [0, 0.1) is 5.82 Å². The molecule has 7 nitrogen and oxygen atoms in total. The van der Waals surface area contributed by atoms with Gasteiger partial charge in [-0.15, -0.1) is 0 Å². The van der Waals surface area contributed by atoms with Crippen molar-refractivity contribution in [2.45, 2.75) is 0 Å². The quantitative estimate of drug-likeness (QED) is 0.266. The van der Waals surface area contributed by atoms with Gasteiger partial charge in [-0.3, -0.25) is 9.59 Å². The third-order valence-electron chi connectivity index (χ3n) is 4.00. The van der Waals surface area contributed by atoms with Crippen molar-refractivity contribution in [3.05, 3.63) is 101 Å². The van der Waals surface area contributed by atoms with Crippen LogP contribution in [0.1, 0.15) is 26.3 Å². The van der Waals surface area contributed by atoms with Gasteiger partial charge in [0.25, 0.3) is 11.8 Å². The maximum atomic E-state index is 13.1. The minimum Gasteiger partial charge on any atom is -0.423 e. The zero-order valence-corrected chi connectivity index (χ0v) is 16.2. The lowest BCUT2D eigenvalue weighted by atomic mass is 10.2. The Hall–Kier alpha value is -4.33. The van der Waals surface area contributed by atoms with E-state index in [1.54, 1.807) is 48.5 Å². The molecule has 3 aromatic rings. The Morgan fingerprint density at radius 3 is 2.32 bits per heavy atom. The van der Waals surface area contributed by atoms with Crippen molar-refractivity contribution in [1.82, 2.24) is 10.7 Å². The van der Waals surface area contributed by atoms with Gasteiger partial charge in [-0.05, 0) is 60.2 Å². The Morgan fingerprint density at radius 1 is 0.903 bits per heavy atom. The molecule has 0 unspecified atom stereocenters. The molecule has 2 N–H and O–H groups in total. The zero-order valence-electron chi connectivity index (χ0n) is 16.2. The van der Waals surface area contributed by atoms with Gasteiger partial charge in [0.05, 0.1) is 18.3 Å². The summed E-state index contributed by atoms with van der Waals surface area (Å²) in [6.45, 7) is -0.318. The van der Waals surface area contributed by atoms with Crippen LogP contribution in [0.5, 0.6) is 5.75 Å². The number of ether oxygens (including phenoxy) is 1. The van der Waals surface area contributed by atoms with Crippen LogP contribution in [-0.2, 0) is 4.79 Å². The molecule has 0 aliphatic carbocycles. The fourth-order valence-corrected chi connectivity index (χ4v) is 2.47. The van der Waals surface area contributed by atoms with E-state index >= 15 is 0 Å². The molecule has 0 fully saturated rings. The summed E-state index contributed by atoms with van der Waals surface area (Å²) in [5.41, 5.74) is 3.49. The molecule has 31 heavy (non-hydrogen) atoms. The molecule has 2 amide bonds. The molecular weight excluding hydrogens is 401 g/mol. The minimum atomic E-state index is -0.570. The first-order valence-corrected chi connectivity index (χ1v) is 9.24. The molecule has 0 radical (unpaired) electrons. The zero-order chi connectivity index (χ0) is 22.1. The molecular formula is C23H18FN3O4. The maximum Gasteiger partial charge on any atom is 0.343 e. The van der Waals surface area contributed by atoms with Crippen LogP contribution in [-0.4, -0.2) is 30.5 Å². The number of rotatable bonds is 7. The highest BCUT2D eigenvalue weighted by Gasteiger charge is 2.09. The lowest BCUT2D eigenvalue weighted by Crippen LogP contribution is -2.34. The summed E-state index contributed by atoms with van der Waals surface area (Å²) < 4.78 is 18.4. The van der Waals surface area contributed by atoms with Crippen LogP contribution in [0.2, 0.25) is 0 Å². The number of carbonyl (C=O) groups is 3. The van der Waals surface area contributed by atoms with E-state index in [1.807, 2.05) is 6.07 Å². The van der Waals surface area contributed by atoms with E-state index < -0.39 is 23.6 Å². The smallest absolute Gasteiger partial charge is 0.343 e. The summed E-state index contributed by atoms with van der Waals surface area (Å²) in [7, 11) is 0. The molecule has 0 aliphatic heterocycles. The molecule has 0 aliphatic rings. The van der Waals surface area contributed by atoms with E-state index in [-0.39, 0.29) is 12.1 Å². The van der Waals surface area contributed by atoms with Crippen molar-refractivity contribution in [2.24, 2.45) is 5.10 Å². The summed E-state index contributed by atoms with van der Waals surface area (Å²) in [5, 5.41) is 6.17. The van der Waals surface area contributed by atoms with Gasteiger partial charge in [-0.1, -0.05) is 24.3 Å². The monoisotopic (exact) mass is 419 g/mol. The highest BCUT2D eigenvalue weighted by atomic mass is 19.1. The summed E-state index contributed by atoms with van der Waals surface area (Å²) in [6.07, 6.45) is 1.40. The lowest BCUT2D eigenvalue weighted by Gasteiger charge is -2.05. The van der Waals surface area contributed by atoms with Gasteiger partial charge in [-0.25, -0.2) is 14.6 Å². The van der Waals surface area contributed by atoms with Crippen molar-refractivity contribution in [3.63, 3.8) is 0 Å². The number of nitrogens with zero attached hydrogens (tertiary/aromatic N) is 1. The van der Waals surface area contributed by atoms with Crippen molar-refractivity contribution >= 4 is 24.0 Å². The van der Waals surface area contributed by atoms with E-state index in [1.165, 1.54) is 24.4 Å². The topological polar surface area (TPSA) is 96.9 Å². The molecule has 0 aromatic heterocycles. The van der Waals surface area contributed by atoms with E-state index in [0.29, 0.717) is 16.9 Å². The van der Waals surface area contributed by atoms with Crippen LogP contribution in [0.25, 0.3) is 0 Å². The molecule has 0 spiro atoms. The van der Waals surface area contributed by atoms with Crippen LogP contribution in [0.15, 0.2) is 84.0 Å². The average molecular weight is 419 g/mol. The number of esters is 1. The van der Waals surface area contributed by atoms with Gasteiger partial charge in [-0.2, -0.15) is 5.10 Å². The van der Waals surface area contributed by atoms with E-state index in [0.717, 1.165) is 6.07 Å². The van der Waals surface area contributed by atoms with Crippen molar-refractivity contribution in [3.8, 4) is 5.75 Å². The van der Waals surface area contributed by atoms with Gasteiger partial charge in [0.2, 0.25) is 0 Å². The average Bonchev–Trinajstić information content (AvgIpc) is 2.79. The van der Waals surface area contributed by atoms with Crippen LogP contribution < -0.4 is 15.5 Å². The minimum absolute atomic E-state index is 0.115. The number of hydrazone groups is 1. The predicted molar refractivity (Wildman–Crippen MR) is 112 cm³/mol. The predicted octanol–water partition coefficient (Wildman–Crippen LogP) is 2.93. The molecule has 0 saturated heterocycles. The Bertz CT molecular complexity index is 1100. The van der Waals surface area contributed by atoms with E-state index in [9.17, 15) is 18.8 Å². The second-order valence-electron chi connectivity index (χ2n) is 6.31. The van der Waals surface area contributed by atoms with Gasteiger partial charge in [0, 0.05) is 5.56 Å². The fraction of sp³-hybridized carbons (Fsp3) is 0.0435. The number of hydrogen-bond acceptors (Lipinski definition) is 5. The Morgan fingerprint density at radius 2 is 1.61 bits per heavy atom. The second kappa shape index (κ2) is 10.4. The molecule has 3 aromatic carbocycles. The van der Waals surface area contributed by atoms with Crippen molar-refractivity contribution < 1.29 is 23.5 Å². The van der Waals surface area contributed by atoms with Gasteiger partial charge >= 0.3 is 5.97 Å². The Labute approximate surface area is 177 Å². The summed E-state index contributed by atoms with van der Waals surface area (Å²) in [6, 6.07) is 20.3. The molecule has 0 bridgehead atoms. The molecule has 0 heterocycles. The molecule has 3 rings (SSSR count). The van der Waals surface area contributed by atoms with Crippen molar-refractivity contribution in [2.75, 3.05) is 6.54 Å². The lowest BCUT2D eigenvalue weighted by molar-refractivity contribution is -0.120. The SMILES string of the molecule is O=C(CNC(=O)c1cccc(F)c1)N/N=C\c1ccc(OC(=O)c2ccccc2)cc1. The molecule has 0 atom stereocenters. The van der Waals surface area contributed by atoms with Crippen LogP contribution in [0.4, 0.5) is 4.39 Å². The van der Waals surface area contributed by atoms with Gasteiger partial charge < -0.3 is 10.1 Å². The molecule has 0 saturated carbocycles. The number of nitrogens with one attached hydrogen (secondary N) is 2. The third-order valence-corrected chi connectivity index (χ3v) is 4.00. The second-order valence-corrected chi connectivity index (χ2v) is 6.31. The Balaban J connectivity index is 1.44. The summed E-state index contributed by atoms with van der Waals surface area (Å²) in [4.78, 5) is 35.7. The fourth-order valence-electron chi connectivity index (χ4n) is 2.47. The van der Waals surface area contributed by atoms with E-state index in [4.69, 9.17) is 4.74 Å². The number of carbonyl (C=O) groups excluding carboxylic acids is 3. The number of benzene rings is 3. The summed E-state index contributed by atoms with van der Waals surface area (Å²) in [5.74, 6) is -1.75. The highest BCUT2D eigenvalue weighted by Crippen LogP contribution is 2.13. The maximum absolute atomic E-state index is 13.1. The number of hydrogen-bond donors (Lipinski definition) is 2. The molecule has 8 heteroatoms. The first-order chi connectivity index (χ1) is 15.0. The number of amides is 2. The highest BCUT2D eigenvalue weighted by molar-refractivity contribution is 5.96. The first kappa shape index (κ1) is 21.4. The standard InChI is InChI=1S/C23H18FN3O4/c24-19-8-4-7-18(13-19)22(29)25-15-21(28)27-26-14-16-9-11-20(12-10-16)31-23(30)17-5-2-1-3-6-17/h1-14H,15H2,(H,25,29)(H,27,28)/b26-14-. The van der Waals surface area contributed by atoms with E-state index in [2.05, 4.69) is 15.8 Å². The van der Waals surface area contributed by atoms with Crippen LogP contribution in [0.3, 0.4) is 0 Å². The van der Waals surface area contributed by atoms with Gasteiger partial charge in [0.1, 0.15) is 11.6 Å².